The second kappa shape index (κ2) is 8.60. The van der Waals surface area contributed by atoms with Crippen LogP contribution in [-0.2, 0) is 0 Å². The number of nitriles is 2. The lowest BCUT2D eigenvalue weighted by Crippen LogP contribution is -2.29. The van der Waals surface area contributed by atoms with Crippen molar-refractivity contribution in [2.24, 2.45) is 0 Å². The summed E-state index contributed by atoms with van der Waals surface area (Å²) in [5.41, 5.74) is 6.56. The second-order valence-corrected chi connectivity index (χ2v) is 4.77. The predicted octanol–water partition coefficient (Wildman–Crippen LogP) is 2.18. The first-order valence-corrected chi connectivity index (χ1v) is 7.75. The minimum absolute atomic E-state index is 0.0141. The van der Waals surface area contributed by atoms with Crippen molar-refractivity contribution in [1.82, 2.24) is 9.97 Å². The van der Waals surface area contributed by atoms with E-state index in [1.807, 2.05) is 49.6 Å². The molecule has 0 aliphatic heterocycles. The van der Waals surface area contributed by atoms with Crippen LogP contribution in [0.15, 0.2) is 5.57 Å². The number of hydrogen-bond acceptors (Lipinski definition) is 7. The first-order valence-electron chi connectivity index (χ1n) is 7.75. The van der Waals surface area contributed by atoms with Gasteiger partial charge in [0.05, 0.1) is 5.56 Å². The minimum atomic E-state index is 0.0141. The topological polar surface area (TPSA) is 106 Å². The lowest BCUT2D eigenvalue weighted by atomic mass is 10.1. The van der Waals surface area contributed by atoms with E-state index in [-0.39, 0.29) is 11.5 Å². The fraction of sp³-hybridized carbons (Fsp3) is 0.500. The van der Waals surface area contributed by atoms with Crippen molar-refractivity contribution in [3.05, 3.63) is 11.1 Å². The maximum Gasteiger partial charge on any atom is 0.223 e. The van der Waals surface area contributed by atoms with Gasteiger partial charge in [-0.2, -0.15) is 20.5 Å². The Morgan fingerprint density at radius 3 is 1.65 bits per heavy atom. The van der Waals surface area contributed by atoms with Gasteiger partial charge < -0.3 is 15.5 Å². The van der Waals surface area contributed by atoms with Crippen molar-refractivity contribution in [2.75, 3.05) is 41.7 Å². The van der Waals surface area contributed by atoms with Crippen molar-refractivity contribution >= 4 is 23.7 Å². The molecule has 7 nitrogen and oxygen atoms in total. The molecule has 0 aliphatic carbocycles. The first kappa shape index (κ1) is 18.2. The van der Waals surface area contributed by atoms with Gasteiger partial charge in [0.25, 0.3) is 0 Å². The zero-order valence-corrected chi connectivity index (χ0v) is 14.2. The average molecular weight is 313 g/mol. The molecule has 0 spiro atoms. The molecule has 1 rings (SSSR count). The molecule has 23 heavy (non-hydrogen) atoms. The van der Waals surface area contributed by atoms with Gasteiger partial charge in [-0.3, -0.25) is 0 Å². The molecular weight excluding hydrogens is 290 g/mol. The van der Waals surface area contributed by atoms with Gasteiger partial charge in [0, 0.05) is 26.2 Å². The van der Waals surface area contributed by atoms with Gasteiger partial charge in [0.1, 0.15) is 29.3 Å². The largest absolute Gasteiger partial charge is 0.368 e. The summed E-state index contributed by atoms with van der Waals surface area (Å²) < 4.78 is 0. The van der Waals surface area contributed by atoms with Crippen LogP contribution in [0, 0.1) is 22.7 Å². The monoisotopic (exact) mass is 313 g/mol. The molecule has 7 heteroatoms. The minimum Gasteiger partial charge on any atom is -0.368 e. The Morgan fingerprint density at radius 2 is 1.35 bits per heavy atom. The summed E-state index contributed by atoms with van der Waals surface area (Å²) in [5, 5.41) is 18.2. The van der Waals surface area contributed by atoms with E-state index >= 15 is 0 Å². The smallest absolute Gasteiger partial charge is 0.223 e. The standard InChI is InChI=1S/C16H23N7/c1-5-22(6-2)14-13(9-12(10-17)11-18)15(21-16(19)20-14)23(7-3)8-4/h9H,5-8H2,1-4H3,(H2,19,20,21). The molecular formula is C16H23N7. The van der Waals surface area contributed by atoms with Crippen LogP contribution >= 0.6 is 0 Å². The molecule has 0 saturated carbocycles. The molecule has 0 bridgehead atoms. The molecule has 0 aliphatic rings. The highest BCUT2D eigenvalue weighted by molar-refractivity contribution is 5.79. The number of nitrogens with zero attached hydrogens (tertiary/aromatic N) is 6. The fourth-order valence-electron chi connectivity index (χ4n) is 2.35. The van der Waals surface area contributed by atoms with E-state index in [0.29, 0.717) is 17.2 Å². The second-order valence-electron chi connectivity index (χ2n) is 4.77. The summed E-state index contributed by atoms with van der Waals surface area (Å²) in [7, 11) is 0. The van der Waals surface area contributed by atoms with Crippen LogP contribution in [-0.4, -0.2) is 36.1 Å². The van der Waals surface area contributed by atoms with Crippen LogP contribution in [0.25, 0.3) is 6.08 Å². The van der Waals surface area contributed by atoms with Gasteiger partial charge in [-0.1, -0.05) is 0 Å². The van der Waals surface area contributed by atoms with Crippen LogP contribution in [0.3, 0.4) is 0 Å². The SMILES string of the molecule is CCN(CC)c1nc(N)nc(N(CC)CC)c1C=C(C#N)C#N. The Morgan fingerprint density at radius 1 is 0.957 bits per heavy atom. The van der Waals surface area contributed by atoms with Crippen LogP contribution in [0.2, 0.25) is 0 Å². The molecule has 0 saturated heterocycles. The number of nitrogen functional groups attached to an aromatic ring is 1. The maximum atomic E-state index is 9.10. The molecule has 2 N–H and O–H groups in total. The highest BCUT2D eigenvalue weighted by Gasteiger charge is 2.19. The van der Waals surface area contributed by atoms with Gasteiger partial charge in [-0.15, -0.1) is 0 Å². The highest BCUT2D eigenvalue weighted by atomic mass is 15.3. The summed E-state index contributed by atoms with van der Waals surface area (Å²) in [4.78, 5) is 12.8. The van der Waals surface area contributed by atoms with E-state index in [2.05, 4.69) is 9.97 Å². The van der Waals surface area contributed by atoms with Crippen LogP contribution < -0.4 is 15.5 Å². The Labute approximate surface area is 137 Å². The van der Waals surface area contributed by atoms with E-state index in [4.69, 9.17) is 16.3 Å². The van der Waals surface area contributed by atoms with E-state index in [1.165, 1.54) is 0 Å². The van der Waals surface area contributed by atoms with Gasteiger partial charge in [0.2, 0.25) is 5.95 Å². The van der Waals surface area contributed by atoms with Crippen molar-refractivity contribution in [3.8, 4) is 12.1 Å². The first-order chi connectivity index (χ1) is 11.1. The maximum absolute atomic E-state index is 9.10. The van der Waals surface area contributed by atoms with Crippen molar-refractivity contribution in [2.45, 2.75) is 27.7 Å². The quantitative estimate of drug-likeness (QED) is 0.769. The number of rotatable bonds is 7. The Balaban J connectivity index is 3.72. The third-order valence-corrected chi connectivity index (χ3v) is 3.58. The lowest BCUT2D eigenvalue weighted by molar-refractivity contribution is 0.818. The van der Waals surface area contributed by atoms with Gasteiger partial charge in [-0.05, 0) is 33.8 Å². The molecule has 1 heterocycles. The number of nitrogens with two attached hydrogens (primary N) is 1. The summed E-state index contributed by atoms with van der Waals surface area (Å²) >= 11 is 0. The molecule has 1 aromatic heterocycles. The highest BCUT2D eigenvalue weighted by Crippen LogP contribution is 2.30. The fourth-order valence-corrected chi connectivity index (χ4v) is 2.35. The van der Waals surface area contributed by atoms with Gasteiger partial charge >= 0.3 is 0 Å². The van der Waals surface area contributed by atoms with E-state index in [1.54, 1.807) is 6.08 Å². The third-order valence-electron chi connectivity index (χ3n) is 3.58. The summed E-state index contributed by atoms with van der Waals surface area (Å²) in [6.07, 6.45) is 1.54. The average Bonchev–Trinajstić information content (AvgIpc) is 2.56. The predicted molar refractivity (Wildman–Crippen MR) is 92.8 cm³/mol. The van der Waals surface area contributed by atoms with Crippen molar-refractivity contribution in [1.29, 1.82) is 10.5 Å². The number of aromatic nitrogens is 2. The molecule has 1 aromatic rings. The van der Waals surface area contributed by atoms with E-state index in [9.17, 15) is 0 Å². The van der Waals surface area contributed by atoms with Crippen molar-refractivity contribution in [3.63, 3.8) is 0 Å². The van der Waals surface area contributed by atoms with Crippen LogP contribution in [0.5, 0.6) is 0 Å². The Bertz CT molecular complexity index is 594. The molecule has 0 unspecified atom stereocenters. The van der Waals surface area contributed by atoms with E-state index in [0.717, 1.165) is 26.2 Å². The molecule has 122 valence electrons. The molecule has 0 aromatic carbocycles. The summed E-state index contributed by atoms with van der Waals surface area (Å²) in [6.45, 7) is 11.0. The van der Waals surface area contributed by atoms with Crippen LogP contribution in [0.1, 0.15) is 33.3 Å². The molecule has 0 amide bonds. The number of allylic oxidation sites excluding steroid dienone is 1. The van der Waals surface area contributed by atoms with Crippen LogP contribution in [0.4, 0.5) is 17.6 Å². The van der Waals surface area contributed by atoms with Gasteiger partial charge in [-0.25, -0.2) is 0 Å². The summed E-state index contributed by atoms with van der Waals surface area (Å²) in [5.74, 6) is 1.47. The molecule has 0 atom stereocenters. The zero-order chi connectivity index (χ0) is 17.4. The zero-order valence-electron chi connectivity index (χ0n) is 14.2. The molecule has 0 fully saturated rings. The third kappa shape index (κ3) is 4.10. The number of hydrogen-bond donors (Lipinski definition) is 1. The Hall–Kier alpha value is -2.80. The molecule has 0 radical (unpaired) electrons. The van der Waals surface area contributed by atoms with Crippen molar-refractivity contribution < 1.29 is 0 Å². The van der Waals surface area contributed by atoms with Gasteiger partial charge in [0.15, 0.2) is 0 Å². The lowest BCUT2D eigenvalue weighted by Gasteiger charge is -2.27. The summed E-state index contributed by atoms with van der Waals surface area (Å²) in [6, 6.07) is 3.79. The normalized spacial score (nSPS) is 9.65. The number of anilines is 3. The van der Waals surface area contributed by atoms with E-state index < -0.39 is 0 Å². The Kier molecular flexibility index (Phi) is 6.82.